The zero-order chi connectivity index (χ0) is 13.1. The van der Waals surface area contributed by atoms with Crippen LogP contribution in [0, 0.1) is 11.3 Å². The molecule has 92 valence electrons. The molecule has 0 aliphatic carbocycles. The summed E-state index contributed by atoms with van der Waals surface area (Å²) >= 11 is 1.30. The van der Waals surface area contributed by atoms with Gasteiger partial charge in [-0.2, -0.15) is 5.26 Å². The molecule has 0 atom stereocenters. The number of hydrogen-bond donors (Lipinski definition) is 0. The van der Waals surface area contributed by atoms with Gasteiger partial charge < -0.3 is 4.57 Å². The Hall–Kier alpha value is -1.94. The van der Waals surface area contributed by atoms with E-state index in [4.69, 9.17) is 5.26 Å². The van der Waals surface area contributed by atoms with Crippen LogP contribution in [0.1, 0.15) is 31.3 Å². The molecule has 0 aromatic carbocycles. The van der Waals surface area contributed by atoms with E-state index in [2.05, 4.69) is 34.0 Å². The van der Waals surface area contributed by atoms with Crippen LogP contribution in [-0.4, -0.2) is 24.7 Å². The van der Waals surface area contributed by atoms with Gasteiger partial charge in [0.25, 0.3) is 0 Å². The Bertz CT molecular complexity index is 598. The molecule has 0 aliphatic heterocycles. The number of nitrogens with zero attached hydrogens (tertiary/aromatic N) is 6. The van der Waals surface area contributed by atoms with Crippen molar-refractivity contribution in [3.05, 3.63) is 23.9 Å². The highest BCUT2D eigenvalue weighted by atomic mass is 32.2. The van der Waals surface area contributed by atoms with Gasteiger partial charge in [0.15, 0.2) is 10.9 Å². The van der Waals surface area contributed by atoms with Crippen molar-refractivity contribution in [2.75, 3.05) is 0 Å². The van der Waals surface area contributed by atoms with E-state index in [0.29, 0.717) is 21.8 Å². The topological polar surface area (TPSA) is 80.3 Å². The van der Waals surface area contributed by atoms with E-state index < -0.39 is 0 Å². The third-order valence-corrected chi connectivity index (χ3v) is 3.37. The quantitative estimate of drug-likeness (QED) is 0.836. The minimum absolute atomic E-state index is 0.300. The molecular weight excluding hydrogens is 248 g/mol. The van der Waals surface area contributed by atoms with Crippen LogP contribution in [0.25, 0.3) is 0 Å². The lowest BCUT2D eigenvalue weighted by molar-refractivity contribution is 0.679. The number of hydrogen-bond acceptors (Lipinski definition) is 6. The van der Waals surface area contributed by atoms with Gasteiger partial charge in [-0.25, -0.2) is 9.97 Å². The number of rotatable bonds is 3. The Balaban J connectivity index is 2.33. The molecule has 0 spiro atoms. The Morgan fingerprint density at radius 1 is 1.28 bits per heavy atom. The monoisotopic (exact) mass is 260 g/mol. The summed E-state index contributed by atoms with van der Waals surface area (Å²) in [5, 5.41) is 18.4. The molecule has 0 unspecified atom stereocenters. The first-order valence-electron chi connectivity index (χ1n) is 5.41. The Morgan fingerprint density at radius 3 is 2.61 bits per heavy atom. The SMILES string of the molecule is CC(C)c1nnc(Sc2nccnc2C#N)n1C. The van der Waals surface area contributed by atoms with Crippen molar-refractivity contribution in [3.8, 4) is 6.07 Å². The van der Waals surface area contributed by atoms with Gasteiger partial charge in [0.05, 0.1) is 0 Å². The minimum atomic E-state index is 0.300. The van der Waals surface area contributed by atoms with Crippen molar-refractivity contribution in [2.45, 2.75) is 29.9 Å². The average molecular weight is 260 g/mol. The van der Waals surface area contributed by atoms with Crippen LogP contribution in [0.4, 0.5) is 0 Å². The third kappa shape index (κ3) is 2.33. The van der Waals surface area contributed by atoms with Crippen molar-refractivity contribution in [1.82, 2.24) is 24.7 Å². The summed E-state index contributed by atoms with van der Waals surface area (Å²) in [6.07, 6.45) is 3.06. The molecule has 18 heavy (non-hydrogen) atoms. The standard InChI is InChI=1S/C11H12N6S/c1-7(2)9-15-16-11(17(9)3)18-10-8(6-12)13-4-5-14-10/h4-5,7H,1-3H3. The molecule has 2 rings (SSSR count). The third-order valence-electron chi connectivity index (χ3n) is 2.34. The lowest BCUT2D eigenvalue weighted by Crippen LogP contribution is -2.01. The van der Waals surface area contributed by atoms with E-state index in [-0.39, 0.29) is 0 Å². The van der Waals surface area contributed by atoms with E-state index in [0.717, 1.165) is 5.82 Å². The van der Waals surface area contributed by atoms with Crippen molar-refractivity contribution in [3.63, 3.8) is 0 Å². The van der Waals surface area contributed by atoms with E-state index in [1.54, 1.807) is 6.20 Å². The molecule has 0 saturated carbocycles. The van der Waals surface area contributed by atoms with E-state index >= 15 is 0 Å². The zero-order valence-electron chi connectivity index (χ0n) is 10.3. The molecule has 0 bridgehead atoms. The van der Waals surface area contributed by atoms with Crippen molar-refractivity contribution >= 4 is 11.8 Å². The summed E-state index contributed by atoms with van der Waals surface area (Å²) in [6, 6.07) is 2.01. The number of nitriles is 1. The fraction of sp³-hybridized carbons (Fsp3) is 0.364. The van der Waals surface area contributed by atoms with Gasteiger partial charge in [0.2, 0.25) is 0 Å². The summed E-state index contributed by atoms with van der Waals surface area (Å²) in [4.78, 5) is 8.10. The van der Waals surface area contributed by atoms with Gasteiger partial charge in [-0.1, -0.05) is 13.8 Å². The molecule has 0 amide bonds. The fourth-order valence-corrected chi connectivity index (χ4v) is 2.27. The molecule has 0 aliphatic rings. The smallest absolute Gasteiger partial charge is 0.197 e. The van der Waals surface area contributed by atoms with Crippen molar-refractivity contribution < 1.29 is 0 Å². The second kappa shape index (κ2) is 5.14. The molecule has 2 aromatic heterocycles. The second-order valence-electron chi connectivity index (χ2n) is 3.98. The minimum Gasteiger partial charge on any atom is -0.309 e. The van der Waals surface area contributed by atoms with Crippen LogP contribution in [0.3, 0.4) is 0 Å². The lowest BCUT2D eigenvalue weighted by Gasteiger charge is -2.05. The zero-order valence-corrected chi connectivity index (χ0v) is 11.1. The highest BCUT2D eigenvalue weighted by molar-refractivity contribution is 7.99. The maximum Gasteiger partial charge on any atom is 0.197 e. The van der Waals surface area contributed by atoms with Crippen LogP contribution < -0.4 is 0 Å². The summed E-state index contributed by atoms with van der Waals surface area (Å²) in [5.74, 6) is 1.20. The molecule has 0 N–H and O–H groups in total. The molecule has 7 heteroatoms. The first-order chi connectivity index (χ1) is 8.63. The normalized spacial score (nSPS) is 10.6. The summed E-state index contributed by atoms with van der Waals surface area (Å²) in [6.45, 7) is 4.11. The van der Waals surface area contributed by atoms with E-state index in [9.17, 15) is 0 Å². The van der Waals surface area contributed by atoms with Crippen LogP contribution in [0.5, 0.6) is 0 Å². The van der Waals surface area contributed by atoms with Gasteiger partial charge in [0, 0.05) is 25.4 Å². The average Bonchev–Trinajstić information content (AvgIpc) is 2.72. The second-order valence-corrected chi connectivity index (χ2v) is 4.93. The first kappa shape index (κ1) is 12.5. The largest absolute Gasteiger partial charge is 0.309 e. The Morgan fingerprint density at radius 2 is 2.00 bits per heavy atom. The molecule has 2 heterocycles. The molecular formula is C11H12N6S. The fourth-order valence-electron chi connectivity index (χ4n) is 1.48. The van der Waals surface area contributed by atoms with Gasteiger partial charge in [0.1, 0.15) is 16.9 Å². The van der Waals surface area contributed by atoms with E-state index in [1.165, 1.54) is 18.0 Å². The first-order valence-corrected chi connectivity index (χ1v) is 6.23. The molecule has 6 nitrogen and oxygen atoms in total. The predicted octanol–water partition coefficient (Wildman–Crippen LogP) is 1.75. The summed E-state index contributed by atoms with van der Waals surface area (Å²) in [7, 11) is 1.90. The highest BCUT2D eigenvalue weighted by Gasteiger charge is 2.15. The summed E-state index contributed by atoms with van der Waals surface area (Å²) < 4.78 is 1.91. The van der Waals surface area contributed by atoms with Crippen LogP contribution in [-0.2, 0) is 7.05 Å². The van der Waals surface area contributed by atoms with E-state index in [1.807, 2.05) is 17.7 Å². The van der Waals surface area contributed by atoms with Crippen molar-refractivity contribution in [1.29, 1.82) is 5.26 Å². The van der Waals surface area contributed by atoms with Gasteiger partial charge >= 0.3 is 0 Å². The maximum absolute atomic E-state index is 8.95. The maximum atomic E-state index is 8.95. The van der Waals surface area contributed by atoms with Crippen LogP contribution in [0.15, 0.2) is 22.6 Å². The van der Waals surface area contributed by atoms with Crippen molar-refractivity contribution in [2.24, 2.45) is 7.05 Å². The number of aromatic nitrogens is 5. The molecule has 2 aromatic rings. The Labute approximate surface area is 109 Å². The predicted molar refractivity (Wildman–Crippen MR) is 66.0 cm³/mol. The van der Waals surface area contributed by atoms with Crippen LogP contribution >= 0.6 is 11.8 Å². The van der Waals surface area contributed by atoms with Gasteiger partial charge in [-0.15, -0.1) is 10.2 Å². The molecule has 0 saturated heterocycles. The van der Waals surface area contributed by atoms with Crippen LogP contribution in [0.2, 0.25) is 0 Å². The molecule has 0 radical (unpaired) electrons. The Kier molecular flexibility index (Phi) is 3.58. The summed E-state index contributed by atoms with van der Waals surface area (Å²) in [5.41, 5.74) is 0.302. The van der Waals surface area contributed by atoms with Gasteiger partial charge in [-0.05, 0) is 11.8 Å². The van der Waals surface area contributed by atoms with Gasteiger partial charge in [-0.3, -0.25) is 0 Å². The highest BCUT2D eigenvalue weighted by Crippen LogP contribution is 2.27. The molecule has 0 fully saturated rings. The lowest BCUT2D eigenvalue weighted by atomic mass is 10.2.